The Morgan fingerprint density at radius 1 is 1.48 bits per heavy atom. The van der Waals surface area contributed by atoms with Gasteiger partial charge in [-0.2, -0.15) is 5.26 Å². The Morgan fingerprint density at radius 3 is 3.19 bits per heavy atom. The van der Waals surface area contributed by atoms with E-state index in [0.717, 1.165) is 49.4 Å². The van der Waals surface area contributed by atoms with Crippen LogP contribution in [0.5, 0.6) is 0 Å². The average molecular weight is 284 g/mol. The molecule has 2 aromatic rings. The van der Waals surface area contributed by atoms with Crippen LogP contribution in [-0.4, -0.2) is 48.7 Å². The van der Waals surface area contributed by atoms with Crippen molar-refractivity contribution in [3.8, 4) is 6.07 Å². The molecule has 1 aliphatic heterocycles. The number of likely N-dealkylation sites (N-methyl/N-ethyl adjacent to an activating group) is 1. The molecule has 0 radical (unpaired) electrons. The van der Waals surface area contributed by atoms with Crippen LogP contribution >= 0.6 is 0 Å². The SMILES string of the molecule is CNCC1CN(Cc2cn3ccccc3c2C#N)CCO1. The van der Waals surface area contributed by atoms with Crippen molar-refractivity contribution < 1.29 is 4.74 Å². The van der Waals surface area contributed by atoms with Crippen LogP contribution in [0.2, 0.25) is 0 Å². The van der Waals surface area contributed by atoms with Gasteiger partial charge in [-0.15, -0.1) is 0 Å². The minimum atomic E-state index is 0.228. The zero-order chi connectivity index (χ0) is 14.7. The van der Waals surface area contributed by atoms with Crippen molar-refractivity contribution in [2.75, 3.05) is 33.3 Å². The average Bonchev–Trinajstić information content (AvgIpc) is 2.85. The highest BCUT2D eigenvalue weighted by Crippen LogP contribution is 2.20. The molecule has 1 aliphatic rings. The number of nitriles is 1. The molecule has 0 bridgehead atoms. The molecule has 1 N–H and O–H groups in total. The lowest BCUT2D eigenvalue weighted by molar-refractivity contribution is -0.0291. The first kappa shape index (κ1) is 14.1. The van der Waals surface area contributed by atoms with E-state index in [-0.39, 0.29) is 6.10 Å². The van der Waals surface area contributed by atoms with Gasteiger partial charge in [0, 0.05) is 44.1 Å². The normalized spacial score (nSPS) is 19.7. The number of morpholine rings is 1. The Morgan fingerprint density at radius 2 is 2.38 bits per heavy atom. The Kier molecular flexibility index (Phi) is 4.20. The van der Waals surface area contributed by atoms with Gasteiger partial charge in [0.2, 0.25) is 0 Å². The number of nitrogens with zero attached hydrogens (tertiary/aromatic N) is 3. The maximum Gasteiger partial charge on any atom is 0.102 e. The lowest BCUT2D eigenvalue weighted by Gasteiger charge is -2.32. The van der Waals surface area contributed by atoms with Gasteiger partial charge in [0.25, 0.3) is 0 Å². The molecule has 5 heteroatoms. The van der Waals surface area contributed by atoms with E-state index in [1.165, 1.54) is 0 Å². The van der Waals surface area contributed by atoms with Crippen LogP contribution in [0.4, 0.5) is 0 Å². The van der Waals surface area contributed by atoms with Crippen LogP contribution in [0.15, 0.2) is 30.6 Å². The Bertz CT molecular complexity index is 656. The van der Waals surface area contributed by atoms with Gasteiger partial charge in [-0.05, 0) is 19.2 Å². The van der Waals surface area contributed by atoms with E-state index in [4.69, 9.17) is 4.74 Å². The maximum atomic E-state index is 9.45. The zero-order valence-corrected chi connectivity index (χ0v) is 12.2. The summed E-state index contributed by atoms with van der Waals surface area (Å²) in [5.41, 5.74) is 2.86. The number of aromatic nitrogens is 1. The third-order valence-electron chi connectivity index (χ3n) is 3.92. The summed E-state index contributed by atoms with van der Waals surface area (Å²) in [6.07, 6.45) is 4.28. The first-order chi connectivity index (χ1) is 10.3. The second-order valence-corrected chi connectivity index (χ2v) is 5.42. The maximum absolute atomic E-state index is 9.45. The first-order valence-corrected chi connectivity index (χ1v) is 7.29. The topological polar surface area (TPSA) is 52.7 Å². The molecule has 0 aromatic carbocycles. The minimum Gasteiger partial charge on any atom is -0.374 e. The number of hydrogen-bond acceptors (Lipinski definition) is 4. The third-order valence-corrected chi connectivity index (χ3v) is 3.92. The monoisotopic (exact) mass is 284 g/mol. The van der Waals surface area contributed by atoms with E-state index in [9.17, 15) is 5.26 Å². The van der Waals surface area contributed by atoms with E-state index < -0.39 is 0 Å². The number of pyridine rings is 1. The van der Waals surface area contributed by atoms with E-state index in [0.29, 0.717) is 0 Å². The minimum absolute atomic E-state index is 0.228. The summed E-state index contributed by atoms with van der Waals surface area (Å²) in [7, 11) is 1.94. The van der Waals surface area contributed by atoms with Crippen molar-refractivity contribution >= 4 is 5.52 Å². The highest BCUT2D eigenvalue weighted by atomic mass is 16.5. The summed E-state index contributed by atoms with van der Waals surface area (Å²) in [6, 6.07) is 8.30. The van der Waals surface area contributed by atoms with Gasteiger partial charge in [0.15, 0.2) is 0 Å². The van der Waals surface area contributed by atoms with E-state index in [1.807, 2.05) is 35.8 Å². The molecule has 110 valence electrons. The fraction of sp³-hybridized carbons (Fsp3) is 0.438. The van der Waals surface area contributed by atoms with Gasteiger partial charge in [-0.25, -0.2) is 0 Å². The van der Waals surface area contributed by atoms with Crippen LogP contribution < -0.4 is 5.32 Å². The molecule has 0 spiro atoms. The van der Waals surface area contributed by atoms with Gasteiger partial charge < -0.3 is 14.5 Å². The standard InChI is InChI=1S/C16H20N4O/c1-18-9-14-12-19(6-7-21-14)10-13-11-20-5-3-2-4-16(20)15(13)8-17/h2-5,11,14,18H,6-7,9-10,12H2,1H3. The van der Waals surface area contributed by atoms with E-state index in [1.54, 1.807) is 0 Å². The third kappa shape index (κ3) is 2.93. The molecule has 0 amide bonds. The molecular formula is C16H20N4O. The molecule has 2 aromatic heterocycles. The molecule has 5 nitrogen and oxygen atoms in total. The molecule has 1 fully saturated rings. The summed E-state index contributed by atoms with van der Waals surface area (Å²) in [5.74, 6) is 0. The van der Waals surface area contributed by atoms with Crippen molar-refractivity contribution in [1.82, 2.24) is 14.6 Å². The number of rotatable bonds is 4. The lowest BCUT2D eigenvalue weighted by atomic mass is 10.1. The van der Waals surface area contributed by atoms with Crippen molar-refractivity contribution in [3.05, 3.63) is 41.7 Å². The Labute approximate surface area is 124 Å². The van der Waals surface area contributed by atoms with Crippen LogP contribution in [0, 0.1) is 11.3 Å². The zero-order valence-electron chi connectivity index (χ0n) is 12.2. The molecular weight excluding hydrogens is 264 g/mol. The summed E-state index contributed by atoms with van der Waals surface area (Å²) in [4.78, 5) is 2.36. The molecule has 1 unspecified atom stereocenters. The quantitative estimate of drug-likeness (QED) is 0.917. The smallest absolute Gasteiger partial charge is 0.102 e. The Hall–Kier alpha value is -1.87. The number of ether oxygens (including phenoxy) is 1. The molecule has 3 heterocycles. The fourth-order valence-corrected chi connectivity index (χ4v) is 2.94. The van der Waals surface area contributed by atoms with Crippen molar-refractivity contribution in [2.24, 2.45) is 0 Å². The molecule has 1 atom stereocenters. The van der Waals surface area contributed by atoms with Crippen LogP contribution in [0.25, 0.3) is 5.52 Å². The highest BCUT2D eigenvalue weighted by Gasteiger charge is 2.21. The molecule has 3 rings (SSSR count). The van der Waals surface area contributed by atoms with Crippen molar-refractivity contribution in [3.63, 3.8) is 0 Å². The Balaban J connectivity index is 1.80. The van der Waals surface area contributed by atoms with E-state index >= 15 is 0 Å². The summed E-state index contributed by atoms with van der Waals surface area (Å²) >= 11 is 0. The number of hydrogen-bond donors (Lipinski definition) is 1. The molecule has 0 saturated carbocycles. The van der Waals surface area contributed by atoms with Crippen LogP contribution in [0.3, 0.4) is 0 Å². The van der Waals surface area contributed by atoms with E-state index in [2.05, 4.69) is 22.5 Å². The fourth-order valence-electron chi connectivity index (χ4n) is 2.94. The van der Waals surface area contributed by atoms with Gasteiger partial charge in [0.1, 0.15) is 6.07 Å². The number of fused-ring (bicyclic) bond motifs is 1. The second-order valence-electron chi connectivity index (χ2n) is 5.42. The van der Waals surface area contributed by atoms with Crippen LogP contribution in [-0.2, 0) is 11.3 Å². The lowest BCUT2D eigenvalue weighted by Crippen LogP contribution is -2.45. The summed E-state index contributed by atoms with van der Waals surface area (Å²) < 4.78 is 7.75. The summed E-state index contributed by atoms with van der Waals surface area (Å²) in [5, 5.41) is 12.6. The predicted octanol–water partition coefficient (Wildman–Crippen LogP) is 1.23. The first-order valence-electron chi connectivity index (χ1n) is 7.29. The highest BCUT2D eigenvalue weighted by molar-refractivity contribution is 5.65. The van der Waals surface area contributed by atoms with Gasteiger partial charge in [0.05, 0.1) is 23.8 Å². The van der Waals surface area contributed by atoms with Crippen molar-refractivity contribution in [2.45, 2.75) is 12.6 Å². The van der Waals surface area contributed by atoms with Gasteiger partial charge in [-0.3, -0.25) is 4.90 Å². The van der Waals surface area contributed by atoms with Gasteiger partial charge >= 0.3 is 0 Å². The molecule has 21 heavy (non-hydrogen) atoms. The largest absolute Gasteiger partial charge is 0.374 e. The second kappa shape index (κ2) is 6.27. The predicted molar refractivity (Wildman–Crippen MR) is 81.1 cm³/mol. The molecule has 1 saturated heterocycles. The number of nitrogens with one attached hydrogen (secondary N) is 1. The van der Waals surface area contributed by atoms with Crippen molar-refractivity contribution in [1.29, 1.82) is 5.26 Å². The van der Waals surface area contributed by atoms with Crippen LogP contribution in [0.1, 0.15) is 11.1 Å². The summed E-state index contributed by atoms with van der Waals surface area (Å²) in [6.45, 7) is 4.23. The molecule has 0 aliphatic carbocycles. The van der Waals surface area contributed by atoms with Gasteiger partial charge in [-0.1, -0.05) is 6.07 Å².